The Morgan fingerprint density at radius 1 is 1.11 bits per heavy atom. The Hall–Kier alpha value is -1.96. The minimum atomic E-state index is -0.582. The number of halogens is 2. The molecule has 27 heavy (non-hydrogen) atoms. The number of nitrogens with zero attached hydrogens (tertiary/aromatic N) is 1. The van der Waals surface area contributed by atoms with Crippen molar-refractivity contribution in [1.82, 2.24) is 4.90 Å². The number of hydrogen-bond donors (Lipinski definition) is 3. The van der Waals surface area contributed by atoms with Crippen LogP contribution in [0, 0.1) is 17.6 Å². The Labute approximate surface area is 163 Å². The predicted molar refractivity (Wildman–Crippen MR) is 105 cm³/mol. The molecule has 3 unspecified atom stereocenters. The molecule has 144 valence electrons. The lowest BCUT2D eigenvalue weighted by Gasteiger charge is -2.40. The molecule has 2 aromatic carbocycles. The first kappa shape index (κ1) is 19.8. The number of benzene rings is 2. The Bertz CT molecular complexity index is 810. The summed E-state index contributed by atoms with van der Waals surface area (Å²) in [5.74, 6) is -1.13. The van der Waals surface area contributed by atoms with Crippen molar-refractivity contribution in [2.24, 2.45) is 16.8 Å². The second-order valence-corrected chi connectivity index (χ2v) is 6.84. The monoisotopic (exact) mass is 391 g/mol. The average Bonchev–Trinajstić information content (AvgIpc) is 3.44. The summed E-state index contributed by atoms with van der Waals surface area (Å²) in [5, 5.41) is 4.19. The molecule has 4 rings (SSSR count). The first-order chi connectivity index (χ1) is 13.1. The van der Waals surface area contributed by atoms with Gasteiger partial charge in [0.05, 0.1) is 5.56 Å². The molecule has 2 aliphatic rings. The van der Waals surface area contributed by atoms with Crippen LogP contribution in [0.4, 0.5) is 8.78 Å². The molecule has 4 nitrogen and oxygen atoms in total. The van der Waals surface area contributed by atoms with E-state index in [2.05, 4.69) is 18.0 Å². The van der Waals surface area contributed by atoms with Crippen molar-refractivity contribution in [1.29, 1.82) is 0 Å². The molecule has 4 N–H and O–H groups in total. The number of amides is 1. The van der Waals surface area contributed by atoms with E-state index in [1.54, 1.807) is 12.1 Å². The lowest BCUT2D eigenvalue weighted by atomic mass is 9.94. The van der Waals surface area contributed by atoms with Crippen LogP contribution in [-0.4, -0.2) is 29.9 Å². The molecular formula is C20H23F2N3OS. The van der Waals surface area contributed by atoms with Crippen molar-refractivity contribution in [2.75, 3.05) is 13.1 Å². The molecule has 7 heteroatoms. The van der Waals surface area contributed by atoms with Gasteiger partial charge in [-0.2, -0.15) is 0 Å². The second-order valence-electron chi connectivity index (χ2n) is 6.84. The summed E-state index contributed by atoms with van der Waals surface area (Å²) in [5.41, 5.74) is 7.05. The fraction of sp³-hybridized carbons (Fsp3) is 0.350. The Morgan fingerprint density at radius 3 is 2.37 bits per heavy atom. The maximum absolute atomic E-state index is 14.2. The van der Waals surface area contributed by atoms with Crippen molar-refractivity contribution >= 4 is 18.7 Å². The fourth-order valence-corrected chi connectivity index (χ4v) is 3.80. The highest BCUT2D eigenvalue weighted by Crippen LogP contribution is 2.52. The normalized spacial score (nSPS) is 23.1. The topological polar surface area (TPSA) is 72.3 Å². The quantitative estimate of drug-likeness (QED) is 0.702. The zero-order valence-corrected chi connectivity index (χ0v) is 15.7. The van der Waals surface area contributed by atoms with Gasteiger partial charge in [0, 0.05) is 25.0 Å². The predicted octanol–water partition coefficient (Wildman–Crippen LogP) is 3.08. The summed E-state index contributed by atoms with van der Waals surface area (Å²) in [4.78, 5) is 14.5. The van der Waals surface area contributed by atoms with Gasteiger partial charge in [0.2, 0.25) is 5.91 Å². The van der Waals surface area contributed by atoms with E-state index in [0.717, 1.165) is 24.9 Å². The molecule has 1 aliphatic heterocycles. The first-order valence-electron chi connectivity index (χ1n) is 8.91. The highest BCUT2D eigenvalue weighted by Gasteiger charge is 2.49. The van der Waals surface area contributed by atoms with Gasteiger partial charge in [-0.15, -0.1) is 12.8 Å². The van der Waals surface area contributed by atoms with Gasteiger partial charge in [-0.25, -0.2) is 8.78 Å². The van der Waals surface area contributed by atoms with E-state index < -0.39 is 11.6 Å². The molecule has 3 atom stereocenters. The zero-order chi connectivity index (χ0) is 19.6. The Morgan fingerprint density at radius 2 is 1.78 bits per heavy atom. The van der Waals surface area contributed by atoms with E-state index in [1.165, 1.54) is 18.2 Å². The van der Waals surface area contributed by atoms with Gasteiger partial charge >= 0.3 is 0 Å². The third kappa shape index (κ3) is 3.72. The van der Waals surface area contributed by atoms with Crippen molar-refractivity contribution in [3.63, 3.8) is 0 Å². The van der Waals surface area contributed by atoms with Gasteiger partial charge in [-0.1, -0.05) is 30.3 Å². The largest absolute Gasteiger partial charge is 0.338 e. The summed E-state index contributed by atoms with van der Waals surface area (Å²) in [6.45, 7) is 1.24. The minimum absolute atomic E-state index is 0.0139. The van der Waals surface area contributed by atoms with Crippen LogP contribution in [0.25, 0.3) is 11.1 Å². The highest BCUT2D eigenvalue weighted by atomic mass is 32.1. The van der Waals surface area contributed by atoms with Gasteiger partial charge in [-0.05, 0) is 42.0 Å². The molecule has 0 radical (unpaired) electrons. The number of carbonyl (C=O) groups excluding carboxylic acids is 1. The number of rotatable bonds is 4. The first-order valence-corrected chi connectivity index (χ1v) is 9.43. The third-order valence-corrected chi connectivity index (χ3v) is 5.40. The Balaban J connectivity index is 0.00000102. The molecule has 0 spiro atoms. The number of nitrogens with two attached hydrogens (primary N) is 2. The molecule has 1 saturated heterocycles. The lowest BCUT2D eigenvalue weighted by Crippen LogP contribution is -2.55. The number of carbonyl (C=O) groups is 1. The van der Waals surface area contributed by atoms with E-state index in [4.69, 9.17) is 5.73 Å². The molecule has 2 fully saturated rings. The zero-order valence-electron chi connectivity index (χ0n) is 14.8. The maximum Gasteiger partial charge on any atom is 0.226 e. The van der Waals surface area contributed by atoms with Crippen LogP contribution in [-0.2, 0) is 4.79 Å². The van der Waals surface area contributed by atoms with Crippen LogP contribution in [0.1, 0.15) is 24.3 Å². The molecule has 0 bridgehead atoms. The van der Waals surface area contributed by atoms with Gasteiger partial charge in [0.1, 0.15) is 11.6 Å². The van der Waals surface area contributed by atoms with Crippen molar-refractivity contribution in [3.05, 3.63) is 59.7 Å². The third-order valence-electron chi connectivity index (χ3n) is 5.40. The maximum atomic E-state index is 14.2. The van der Waals surface area contributed by atoms with Crippen LogP contribution in [0.5, 0.6) is 0 Å². The summed E-state index contributed by atoms with van der Waals surface area (Å²) in [6, 6.07) is 11.2. The molecule has 1 heterocycles. The van der Waals surface area contributed by atoms with Crippen molar-refractivity contribution in [3.8, 4) is 11.1 Å². The van der Waals surface area contributed by atoms with Crippen LogP contribution < -0.4 is 10.9 Å². The molecule has 0 aromatic heterocycles. The van der Waals surface area contributed by atoms with Crippen LogP contribution in [0.15, 0.2) is 42.5 Å². The molecule has 1 amide bonds. The Kier molecular flexibility index (Phi) is 6.14. The summed E-state index contributed by atoms with van der Waals surface area (Å²) < 4.78 is 28.4. The second kappa shape index (κ2) is 8.37. The SMILES string of the molecule is NCC1CCN1C(=O)C1CC1c1ccccc1-c1c(F)cccc1F.NS. The van der Waals surface area contributed by atoms with Gasteiger partial charge in [-0.3, -0.25) is 9.93 Å². The lowest BCUT2D eigenvalue weighted by molar-refractivity contribution is -0.140. The van der Waals surface area contributed by atoms with Crippen LogP contribution in [0.3, 0.4) is 0 Å². The van der Waals surface area contributed by atoms with Gasteiger partial charge in [0.25, 0.3) is 0 Å². The smallest absolute Gasteiger partial charge is 0.226 e. The molecule has 1 aliphatic carbocycles. The summed E-state index contributed by atoms with van der Waals surface area (Å²) in [6.07, 6.45) is 1.68. The van der Waals surface area contributed by atoms with E-state index in [9.17, 15) is 13.6 Å². The minimum Gasteiger partial charge on any atom is -0.338 e. The standard InChI is InChI=1S/C20H20F2N2O.H3NS/c21-17-6-3-7-18(22)19(17)14-5-2-1-4-13(14)15-10-16(15)20(25)24-9-8-12(24)11-23;1-2/h1-7,12,15-16H,8-11,23H2;2H,1H2. The van der Waals surface area contributed by atoms with E-state index in [-0.39, 0.29) is 29.3 Å². The summed E-state index contributed by atoms with van der Waals surface area (Å²) >= 11 is 3.03. The average molecular weight is 391 g/mol. The van der Waals surface area contributed by atoms with E-state index in [1.807, 2.05) is 17.0 Å². The van der Waals surface area contributed by atoms with Gasteiger partial charge < -0.3 is 10.6 Å². The van der Waals surface area contributed by atoms with E-state index in [0.29, 0.717) is 12.1 Å². The molecule has 1 saturated carbocycles. The summed E-state index contributed by atoms with van der Waals surface area (Å²) in [7, 11) is 0. The molecule has 2 aromatic rings. The van der Waals surface area contributed by atoms with Crippen LogP contribution >= 0.6 is 12.8 Å². The van der Waals surface area contributed by atoms with Gasteiger partial charge in [0.15, 0.2) is 0 Å². The van der Waals surface area contributed by atoms with Crippen LogP contribution in [0.2, 0.25) is 0 Å². The number of thiol groups is 1. The molecular weight excluding hydrogens is 368 g/mol. The number of hydrogen-bond acceptors (Lipinski definition) is 4. The highest BCUT2D eigenvalue weighted by molar-refractivity contribution is 7.77. The van der Waals surface area contributed by atoms with Crippen molar-refractivity contribution < 1.29 is 13.6 Å². The fourth-order valence-electron chi connectivity index (χ4n) is 3.80. The number of likely N-dealkylation sites (tertiary alicyclic amines) is 1. The van der Waals surface area contributed by atoms with Crippen molar-refractivity contribution in [2.45, 2.75) is 24.8 Å². The van der Waals surface area contributed by atoms with E-state index >= 15 is 0 Å².